The average Bonchev–Trinajstić information content (AvgIpc) is 2.43. The summed E-state index contributed by atoms with van der Waals surface area (Å²) in [5.41, 5.74) is 7.04. The molecule has 4 N–H and O–H groups in total. The van der Waals surface area contributed by atoms with Crippen LogP contribution in [-0.2, 0) is 22.7 Å². The largest absolute Gasteiger partial charge is 0.377 e. The minimum atomic E-state index is -0.438. The van der Waals surface area contributed by atoms with Gasteiger partial charge in [0.15, 0.2) is 0 Å². The van der Waals surface area contributed by atoms with Crippen molar-refractivity contribution in [3.8, 4) is 0 Å². The molecule has 20 heavy (non-hydrogen) atoms. The van der Waals surface area contributed by atoms with Gasteiger partial charge < -0.3 is 21.1 Å². The predicted molar refractivity (Wildman–Crippen MR) is 75.8 cm³/mol. The second kappa shape index (κ2) is 8.92. The first-order valence-electron chi connectivity index (χ1n) is 6.58. The van der Waals surface area contributed by atoms with Crippen LogP contribution in [0.2, 0.25) is 0 Å². The fourth-order valence-electron chi connectivity index (χ4n) is 1.62. The van der Waals surface area contributed by atoms with Crippen LogP contribution >= 0.6 is 0 Å². The van der Waals surface area contributed by atoms with E-state index >= 15 is 0 Å². The summed E-state index contributed by atoms with van der Waals surface area (Å²) >= 11 is 0. The van der Waals surface area contributed by atoms with Gasteiger partial charge in [-0.2, -0.15) is 0 Å². The third kappa shape index (κ3) is 6.19. The van der Waals surface area contributed by atoms with Crippen LogP contribution in [0.5, 0.6) is 0 Å². The van der Waals surface area contributed by atoms with Gasteiger partial charge >= 0.3 is 6.03 Å². The molecule has 6 nitrogen and oxygen atoms in total. The number of hydrogen-bond acceptors (Lipinski definition) is 3. The van der Waals surface area contributed by atoms with Crippen molar-refractivity contribution in [2.75, 3.05) is 13.2 Å². The summed E-state index contributed by atoms with van der Waals surface area (Å²) in [6.07, 6.45) is 0.133. The van der Waals surface area contributed by atoms with E-state index in [0.717, 1.165) is 11.1 Å². The number of nitrogens with one attached hydrogen (secondary N) is 2. The molecule has 0 spiro atoms. The maximum absolute atomic E-state index is 11.5. The molecule has 0 fully saturated rings. The van der Waals surface area contributed by atoms with E-state index in [4.69, 9.17) is 10.5 Å². The summed E-state index contributed by atoms with van der Waals surface area (Å²) in [5, 5.41) is 5.30. The van der Waals surface area contributed by atoms with Crippen LogP contribution in [0.1, 0.15) is 24.5 Å². The molecule has 0 aliphatic rings. The zero-order valence-electron chi connectivity index (χ0n) is 11.6. The SMILES string of the molecule is CCOCc1ccccc1CNC(=O)NCCC(N)=O. The fourth-order valence-corrected chi connectivity index (χ4v) is 1.62. The first kappa shape index (κ1) is 16.0. The summed E-state index contributed by atoms with van der Waals surface area (Å²) in [5.74, 6) is -0.438. The van der Waals surface area contributed by atoms with Crippen molar-refractivity contribution in [2.45, 2.75) is 26.5 Å². The van der Waals surface area contributed by atoms with Crippen molar-refractivity contribution in [1.29, 1.82) is 0 Å². The van der Waals surface area contributed by atoms with Gasteiger partial charge in [0.2, 0.25) is 5.91 Å². The van der Waals surface area contributed by atoms with Crippen molar-refractivity contribution in [3.63, 3.8) is 0 Å². The van der Waals surface area contributed by atoms with Crippen molar-refractivity contribution >= 4 is 11.9 Å². The third-order valence-corrected chi connectivity index (χ3v) is 2.68. The van der Waals surface area contributed by atoms with Gasteiger partial charge in [-0.3, -0.25) is 4.79 Å². The van der Waals surface area contributed by atoms with Gasteiger partial charge in [-0.05, 0) is 18.1 Å². The highest BCUT2D eigenvalue weighted by Crippen LogP contribution is 2.09. The Bertz CT molecular complexity index is 449. The van der Waals surface area contributed by atoms with Gasteiger partial charge in [0.05, 0.1) is 6.61 Å². The highest BCUT2D eigenvalue weighted by atomic mass is 16.5. The van der Waals surface area contributed by atoms with Crippen LogP contribution < -0.4 is 16.4 Å². The smallest absolute Gasteiger partial charge is 0.315 e. The van der Waals surface area contributed by atoms with Crippen LogP contribution in [0, 0.1) is 0 Å². The molecule has 0 unspecified atom stereocenters. The van der Waals surface area contributed by atoms with Crippen LogP contribution in [0.25, 0.3) is 0 Å². The highest BCUT2D eigenvalue weighted by molar-refractivity contribution is 5.76. The molecular weight excluding hydrogens is 258 g/mol. The summed E-state index contributed by atoms with van der Waals surface area (Å²) in [6.45, 7) is 3.76. The lowest BCUT2D eigenvalue weighted by Gasteiger charge is -2.11. The molecule has 0 heterocycles. The molecule has 0 aliphatic heterocycles. The average molecular weight is 279 g/mol. The highest BCUT2D eigenvalue weighted by Gasteiger charge is 2.04. The first-order chi connectivity index (χ1) is 9.63. The fraction of sp³-hybridized carbons (Fsp3) is 0.429. The molecule has 0 atom stereocenters. The number of ether oxygens (including phenoxy) is 1. The zero-order chi connectivity index (χ0) is 14.8. The van der Waals surface area contributed by atoms with E-state index in [0.29, 0.717) is 19.8 Å². The van der Waals surface area contributed by atoms with Crippen molar-refractivity contribution < 1.29 is 14.3 Å². The van der Waals surface area contributed by atoms with E-state index in [-0.39, 0.29) is 19.0 Å². The molecule has 6 heteroatoms. The Labute approximate surface area is 118 Å². The molecule has 1 aromatic rings. The Morgan fingerprint density at radius 3 is 2.55 bits per heavy atom. The number of amides is 3. The lowest BCUT2D eigenvalue weighted by Crippen LogP contribution is -2.36. The van der Waals surface area contributed by atoms with Crippen molar-refractivity contribution in [3.05, 3.63) is 35.4 Å². The number of carbonyl (C=O) groups excluding carboxylic acids is 2. The van der Waals surface area contributed by atoms with E-state index < -0.39 is 5.91 Å². The van der Waals surface area contributed by atoms with Crippen molar-refractivity contribution in [1.82, 2.24) is 10.6 Å². The molecule has 0 bridgehead atoms. The molecule has 0 aliphatic carbocycles. The number of primary amides is 1. The molecule has 0 saturated carbocycles. The first-order valence-corrected chi connectivity index (χ1v) is 6.58. The summed E-state index contributed by atoms with van der Waals surface area (Å²) in [6, 6.07) is 7.44. The van der Waals surface area contributed by atoms with Gasteiger partial charge in [0.25, 0.3) is 0 Å². The molecule has 0 radical (unpaired) electrons. The molecule has 1 aromatic carbocycles. The Kier molecular flexibility index (Phi) is 7.13. The minimum Gasteiger partial charge on any atom is -0.377 e. The van der Waals surface area contributed by atoms with E-state index in [1.807, 2.05) is 31.2 Å². The number of urea groups is 1. The Morgan fingerprint density at radius 1 is 1.20 bits per heavy atom. The van der Waals surface area contributed by atoms with Gasteiger partial charge in [-0.25, -0.2) is 4.79 Å². The zero-order valence-corrected chi connectivity index (χ0v) is 11.6. The second-order valence-corrected chi connectivity index (χ2v) is 4.23. The predicted octanol–water partition coefficient (Wildman–Crippen LogP) is 0.898. The Morgan fingerprint density at radius 2 is 1.90 bits per heavy atom. The number of benzene rings is 1. The third-order valence-electron chi connectivity index (χ3n) is 2.68. The number of hydrogen-bond donors (Lipinski definition) is 3. The minimum absolute atomic E-state index is 0.133. The summed E-state index contributed by atoms with van der Waals surface area (Å²) in [4.78, 5) is 22.1. The number of carbonyl (C=O) groups is 2. The molecule has 3 amide bonds. The molecule has 0 saturated heterocycles. The standard InChI is InChI=1S/C14H21N3O3/c1-2-20-10-12-6-4-3-5-11(12)9-17-14(19)16-8-7-13(15)18/h3-6H,2,7-10H2,1H3,(H2,15,18)(H2,16,17,19). The Balaban J connectivity index is 2.40. The quantitative estimate of drug-likeness (QED) is 0.660. The maximum Gasteiger partial charge on any atom is 0.315 e. The van der Waals surface area contributed by atoms with E-state index in [9.17, 15) is 9.59 Å². The summed E-state index contributed by atoms with van der Waals surface area (Å²) < 4.78 is 5.38. The second-order valence-electron chi connectivity index (χ2n) is 4.23. The van der Waals surface area contributed by atoms with Crippen LogP contribution in [0.15, 0.2) is 24.3 Å². The summed E-state index contributed by atoms with van der Waals surface area (Å²) in [7, 11) is 0. The Hall–Kier alpha value is -2.08. The lowest BCUT2D eigenvalue weighted by atomic mass is 10.1. The monoisotopic (exact) mass is 279 g/mol. The van der Waals surface area contributed by atoms with Crippen LogP contribution in [0.4, 0.5) is 4.79 Å². The van der Waals surface area contributed by atoms with Gasteiger partial charge in [-0.1, -0.05) is 24.3 Å². The molecule has 0 aromatic heterocycles. The van der Waals surface area contributed by atoms with Crippen LogP contribution in [-0.4, -0.2) is 25.1 Å². The number of rotatable bonds is 8. The van der Waals surface area contributed by atoms with E-state index in [2.05, 4.69) is 10.6 Å². The normalized spacial score (nSPS) is 10.1. The topological polar surface area (TPSA) is 93.4 Å². The maximum atomic E-state index is 11.5. The molecule has 1 rings (SSSR count). The van der Waals surface area contributed by atoms with Gasteiger partial charge in [0, 0.05) is 26.1 Å². The van der Waals surface area contributed by atoms with Gasteiger partial charge in [0.1, 0.15) is 0 Å². The van der Waals surface area contributed by atoms with E-state index in [1.54, 1.807) is 0 Å². The molecular formula is C14H21N3O3. The van der Waals surface area contributed by atoms with E-state index in [1.165, 1.54) is 0 Å². The molecule has 110 valence electrons. The lowest BCUT2D eigenvalue weighted by molar-refractivity contribution is -0.117. The van der Waals surface area contributed by atoms with Gasteiger partial charge in [-0.15, -0.1) is 0 Å². The van der Waals surface area contributed by atoms with Crippen LogP contribution in [0.3, 0.4) is 0 Å². The van der Waals surface area contributed by atoms with Crippen molar-refractivity contribution in [2.24, 2.45) is 5.73 Å². The number of nitrogens with two attached hydrogens (primary N) is 1.